The largest absolute Gasteiger partial charge is 0.493 e. The summed E-state index contributed by atoms with van der Waals surface area (Å²) in [6.07, 6.45) is 2.79. The number of aliphatic hydroxyl groups is 1. The summed E-state index contributed by atoms with van der Waals surface area (Å²) in [6.45, 7) is 2.34. The quantitative estimate of drug-likeness (QED) is 0.513. The molecule has 0 bridgehead atoms. The van der Waals surface area contributed by atoms with Gasteiger partial charge in [-0.15, -0.1) is 0 Å². The van der Waals surface area contributed by atoms with E-state index in [1.54, 1.807) is 20.3 Å². The lowest BCUT2D eigenvalue weighted by atomic mass is 10.1. The van der Waals surface area contributed by atoms with Gasteiger partial charge in [0.1, 0.15) is 0 Å². The van der Waals surface area contributed by atoms with E-state index in [4.69, 9.17) is 26.4 Å². The first-order valence-corrected chi connectivity index (χ1v) is 10.5. The molecule has 0 amide bonds. The number of pyridine rings is 1. The Bertz CT molecular complexity index is 927. The van der Waals surface area contributed by atoms with Crippen molar-refractivity contribution in [1.82, 2.24) is 15.2 Å². The fourth-order valence-electron chi connectivity index (χ4n) is 3.53. The minimum absolute atomic E-state index is 0.0515. The Kier molecular flexibility index (Phi) is 7.89. The lowest BCUT2D eigenvalue weighted by molar-refractivity contribution is 0.113. The highest BCUT2D eigenvalue weighted by molar-refractivity contribution is 7.80. The van der Waals surface area contributed by atoms with E-state index in [1.807, 2.05) is 17.0 Å². The van der Waals surface area contributed by atoms with Crippen LogP contribution in [0.5, 0.6) is 11.5 Å². The molecular weight excluding hydrogens is 406 g/mol. The molecule has 8 nitrogen and oxygen atoms in total. The molecule has 164 valence electrons. The van der Waals surface area contributed by atoms with Gasteiger partial charge in [-0.3, -0.25) is 4.79 Å². The predicted octanol–water partition coefficient (Wildman–Crippen LogP) is 1.78. The van der Waals surface area contributed by atoms with Crippen LogP contribution in [0.15, 0.2) is 23.0 Å². The first-order valence-electron chi connectivity index (χ1n) is 10.1. The van der Waals surface area contributed by atoms with E-state index in [0.29, 0.717) is 53.7 Å². The van der Waals surface area contributed by atoms with Crippen LogP contribution in [0.2, 0.25) is 0 Å². The van der Waals surface area contributed by atoms with Gasteiger partial charge in [0.15, 0.2) is 16.6 Å². The molecule has 2 aromatic rings. The summed E-state index contributed by atoms with van der Waals surface area (Å²) in [5.41, 5.74) is 1.06. The third-order valence-corrected chi connectivity index (χ3v) is 5.57. The predicted molar refractivity (Wildman–Crippen MR) is 119 cm³/mol. The highest BCUT2D eigenvalue weighted by Gasteiger charge is 2.18. The molecule has 2 heterocycles. The monoisotopic (exact) mass is 435 g/mol. The van der Waals surface area contributed by atoms with Crippen LogP contribution in [-0.4, -0.2) is 66.7 Å². The van der Waals surface area contributed by atoms with Gasteiger partial charge in [0.25, 0.3) is 5.56 Å². The zero-order valence-corrected chi connectivity index (χ0v) is 18.2. The number of fused-ring (bicyclic) bond motifs is 1. The van der Waals surface area contributed by atoms with E-state index in [1.165, 1.54) is 0 Å². The molecule has 1 aromatic carbocycles. The summed E-state index contributed by atoms with van der Waals surface area (Å²) >= 11 is 5.56. The molecule has 0 saturated carbocycles. The molecule has 3 N–H and O–H groups in total. The number of aromatic amines is 1. The Morgan fingerprint density at radius 2 is 2.10 bits per heavy atom. The topological polar surface area (TPSA) is 96.0 Å². The van der Waals surface area contributed by atoms with Crippen LogP contribution in [0.4, 0.5) is 0 Å². The van der Waals surface area contributed by atoms with Crippen molar-refractivity contribution >= 4 is 28.2 Å². The number of thiocarbonyl (C=S) groups is 1. The number of nitrogens with one attached hydrogen (secondary N) is 2. The zero-order chi connectivity index (χ0) is 21.5. The second-order valence-corrected chi connectivity index (χ2v) is 7.62. The third-order valence-electron chi connectivity index (χ3n) is 5.16. The molecule has 1 fully saturated rings. The van der Waals surface area contributed by atoms with Gasteiger partial charge in [-0.05, 0) is 43.6 Å². The number of aromatic nitrogens is 1. The maximum atomic E-state index is 12.7. The second kappa shape index (κ2) is 10.6. The number of benzene rings is 1. The highest BCUT2D eigenvalue weighted by atomic mass is 32.1. The summed E-state index contributed by atoms with van der Waals surface area (Å²) in [4.78, 5) is 17.5. The van der Waals surface area contributed by atoms with E-state index >= 15 is 0 Å². The molecule has 1 aliphatic heterocycles. The van der Waals surface area contributed by atoms with Crippen molar-refractivity contribution in [1.29, 1.82) is 0 Å². The third kappa shape index (κ3) is 5.41. The summed E-state index contributed by atoms with van der Waals surface area (Å²) in [5.74, 6) is 1.14. The Hall–Kier alpha value is -2.36. The van der Waals surface area contributed by atoms with Crippen molar-refractivity contribution in [3.05, 3.63) is 34.1 Å². The number of hydrogen-bond acceptors (Lipinski definition) is 6. The lowest BCUT2D eigenvalue weighted by Gasteiger charge is -2.26. The van der Waals surface area contributed by atoms with Crippen molar-refractivity contribution in [2.24, 2.45) is 0 Å². The van der Waals surface area contributed by atoms with Crippen LogP contribution in [0, 0.1) is 0 Å². The summed E-state index contributed by atoms with van der Waals surface area (Å²) < 4.78 is 16.3. The SMILES string of the molecule is COc1cc2cc(CN(CCCO)C(=S)NCC3CCCO3)c(=O)[nH]c2cc1OC. The molecule has 1 unspecified atom stereocenters. The molecule has 9 heteroatoms. The minimum atomic E-state index is -0.189. The van der Waals surface area contributed by atoms with Gasteiger partial charge < -0.3 is 34.5 Å². The second-order valence-electron chi connectivity index (χ2n) is 7.24. The molecule has 1 aliphatic rings. The van der Waals surface area contributed by atoms with Crippen LogP contribution < -0.4 is 20.3 Å². The molecule has 1 saturated heterocycles. The van der Waals surface area contributed by atoms with Gasteiger partial charge >= 0.3 is 0 Å². The zero-order valence-electron chi connectivity index (χ0n) is 17.4. The Labute approximate surface area is 181 Å². The Morgan fingerprint density at radius 1 is 1.33 bits per heavy atom. The number of hydrogen-bond donors (Lipinski definition) is 3. The first kappa shape index (κ1) is 22.3. The smallest absolute Gasteiger partial charge is 0.253 e. The van der Waals surface area contributed by atoms with Crippen molar-refractivity contribution in [2.75, 3.05) is 40.5 Å². The van der Waals surface area contributed by atoms with Gasteiger partial charge in [0, 0.05) is 43.3 Å². The average molecular weight is 436 g/mol. The van der Waals surface area contributed by atoms with Crippen molar-refractivity contribution in [2.45, 2.75) is 31.9 Å². The normalized spacial score (nSPS) is 15.9. The molecule has 0 spiro atoms. The molecule has 1 atom stereocenters. The number of methoxy groups -OCH3 is 2. The van der Waals surface area contributed by atoms with Gasteiger partial charge in [-0.25, -0.2) is 0 Å². The molecule has 0 aliphatic carbocycles. The molecule has 30 heavy (non-hydrogen) atoms. The highest BCUT2D eigenvalue weighted by Crippen LogP contribution is 2.31. The summed E-state index contributed by atoms with van der Waals surface area (Å²) in [7, 11) is 3.13. The van der Waals surface area contributed by atoms with Crippen molar-refractivity contribution < 1.29 is 19.3 Å². The van der Waals surface area contributed by atoms with Crippen molar-refractivity contribution in [3.63, 3.8) is 0 Å². The molecule has 0 radical (unpaired) electrons. The number of rotatable bonds is 9. The molecular formula is C21H29N3O5S. The van der Waals surface area contributed by atoms with Crippen LogP contribution in [0.3, 0.4) is 0 Å². The standard InChI is InChI=1S/C21H29N3O5S/c1-27-18-10-14-9-15(20(26)23-17(14)11-19(18)28-2)13-24(6-4-7-25)21(30)22-12-16-5-3-8-29-16/h9-11,16,25H,3-8,12-13H2,1-2H3,(H,22,30)(H,23,26). The van der Waals surface area contributed by atoms with E-state index in [2.05, 4.69) is 10.3 Å². The maximum absolute atomic E-state index is 12.7. The summed E-state index contributed by atoms with van der Waals surface area (Å²) in [5, 5.41) is 13.9. The van der Waals surface area contributed by atoms with E-state index in [9.17, 15) is 9.90 Å². The number of H-pyrrole nitrogens is 1. The van der Waals surface area contributed by atoms with Gasteiger partial charge in [-0.1, -0.05) is 0 Å². The van der Waals surface area contributed by atoms with E-state index in [-0.39, 0.29) is 18.3 Å². The first-order chi connectivity index (χ1) is 14.5. The number of aliphatic hydroxyl groups excluding tert-OH is 1. The fraction of sp³-hybridized carbons (Fsp3) is 0.524. The average Bonchev–Trinajstić information content (AvgIpc) is 3.28. The summed E-state index contributed by atoms with van der Waals surface area (Å²) in [6, 6.07) is 5.42. The number of ether oxygens (including phenoxy) is 3. The minimum Gasteiger partial charge on any atom is -0.493 e. The van der Waals surface area contributed by atoms with Gasteiger partial charge in [0.05, 0.1) is 32.4 Å². The Balaban J connectivity index is 1.80. The van der Waals surface area contributed by atoms with Crippen LogP contribution >= 0.6 is 12.2 Å². The fourth-order valence-corrected chi connectivity index (χ4v) is 3.77. The maximum Gasteiger partial charge on any atom is 0.253 e. The van der Waals surface area contributed by atoms with Crippen LogP contribution in [0.1, 0.15) is 24.8 Å². The van der Waals surface area contributed by atoms with Gasteiger partial charge in [-0.2, -0.15) is 0 Å². The van der Waals surface area contributed by atoms with E-state index < -0.39 is 0 Å². The van der Waals surface area contributed by atoms with Crippen LogP contribution in [0.25, 0.3) is 10.9 Å². The van der Waals surface area contributed by atoms with Gasteiger partial charge in [0.2, 0.25) is 0 Å². The Morgan fingerprint density at radius 3 is 2.77 bits per heavy atom. The lowest BCUT2D eigenvalue weighted by Crippen LogP contribution is -2.43. The van der Waals surface area contributed by atoms with E-state index in [0.717, 1.165) is 24.8 Å². The van der Waals surface area contributed by atoms with Crippen LogP contribution in [-0.2, 0) is 11.3 Å². The molecule has 3 rings (SSSR count). The number of nitrogens with zero attached hydrogens (tertiary/aromatic N) is 1. The molecule has 1 aromatic heterocycles. The van der Waals surface area contributed by atoms with Crippen molar-refractivity contribution in [3.8, 4) is 11.5 Å².